The van der Waals surface area contributed by atoms with Crippen LogP contribution in [0.3, 0.4) is 0 Å². The first-order valence-electron chi connectivity index (χ1n) is 5.47. The first kappa shape index (κ1) is 12.4. The van der Waals surface area contributed by atoms with E-state index in [0.29, 0.717) is 23.8 Å². The lowest BCUT2D eigenvalue weighted by atomic mass is 10.3. The molecule has 0 aliphatic carbocycles. The molecule has 1 N–H and O–H groups in total. The molecular weight excluding hydrogens is 234 g/mol. The third-order valence-electron chi connectivity index (χ3n) is 2.57. The Labute approximate surface area is 104 Å². The second-order valence-electron chi connectivity index (χ2n) is 4.21. The average molecular weight is 249 g/mol. The number of rotatable bonds is 4. The molecule has 0 saturated heterocycles. The molecule has 2 aromatic heterocycles. The number of carboxylic acid groups (broad SMARTS) is 1. The molecule has 0 fully saturated rings. The van der Waals surface area contributed by atoms with E-state index < -0.39 is 5.97 Å². The van der Waals surface area contributed by atoms with E-state index in [2.05, 4.69) is 4.98 Å². The maximum Gasteiger partial charge on any atom is 0.356 e. The SMILES string of the molecule is COc1cccc2c(C(=O)O)nc(CN(C)C)n12. The molecule has 0 bridgehead atoms. The predicted octanol–water partition coefficient (Wildman–Crippen LogP) is 1.10. The highest BCUT2D eigenvalue weighted by Gasteiger charge is 2.18. The minimum absolute atomic E-state index is 0.0470. The lowest BCUT2D eigenvalue weighted by molar-refractivity contribution is 0.0693. The number of carbonyl (C=O) groups is 1. The Kier molecular flexibility index (Phi) is 3.20. The standard InChI is InChI=1S/C12H15N3O3/c1-14(2)7-9-13-11(12(16)17)8-5-4-6-10(18-3)15(8)9/h4-6H,7H2,1-3H3,(H,16,17). The van der Waals surface area contributed by atoms with Crippen LogP contribution in [0.15, 0.2) is 18.2 Å². The van der Waals surface area contributed by atoms with Gasteiger partial charge in [-0.15, -0.1) is 0 Å². The zero-order chi connectivity index (χ0) is 13.3. The highest BCUT2D eigenvalue weighted by Crippen LogP contribution is 2.21. The molecule has 18 heavy (non-hydrogen) atoms. The van der Waals surface area contributed by atoms with Gasteiger partial charge in [-0.25, -0.2) is 9.78 Å². The van der Waals surface area contributed by atoms with Crippen LogP contribution in [0.5, 0.6) is 5.88 Å². The minimum Gasteiger partial charge on any atom is -0.482 e. The Morgan fingerprint density at radius 2 is 2.22 bits per heavy atom. The molecule has 96 valence electrons. The van der Waals surface area contributed by atoms with Crippen LogP contribution in [0.4, 0.5) is 0 Å². The third-order valence-corrected chi connectivity index (χ3v) is 2.57. The van der Waals surface area contributed by atoms with Gasteiger partial charge in [-0.3, -0.25) is 4.40 Å². The number of hydrogen-bond donors (Lipinski definition) is 1. The van der Waals surface area contributed by atoms with Crippen molar-refractivity contribution in [2.75, 3.05) is 21.2 Å². The fourth-order valence-electron chi connectivity index (χ4n) is 1.88. The van der Waals surface area contributed by atoms with Crippen molar-refractivity contribution in [3.8, 4) is 5.88 Å². The lowest BCUT2D eigenvalue weighted by Gasteiger charge is -2.10. The highest BCUT2D eigenvalue weighted by molar-refractivity contribution is 5.93. The summed E-state index contributed by atoms with van der Waals surface area (Å²) in [6.07, 6.45) is 0. The van der Waals surface area contributed by atoms with Crippen LogP contribution in [-0.4, -0.2) is 46.6 Å². The summed E-state index contributed by atoms with van der Waals surface area (Å²) >= 11 is 0. The van der Waals surface area contributed by atoms with Crippen LogP contribution in [-0.2, 0) is 6.54 Å². The zero-order valence-corrected chi connectivity index (χ0v) is 10.5. The molecule has 6 nitrogen and oxygen atoms in total. The molecule has 0 aromatic carbocycles. The van der Waals surface area contributed by atoms with Gasteiger partial charge in [-0.05, 0) is 26.2 Å². The van der Waals surface area contributed by atoms with Crippen LogP contribution in [0.25, 0.3) is 5.52 Å². The van der Waals surface area contributed by atoms with Gasteiger partial charge in [0.15, 0.2) is 11.6 Å². The summed E-state index contributed by atoms with van der Waals surface area (Å²) in [5, 5.41) is 9.16. The van der Waals surface area contributed by atoms with Crippen LogP contribution < -0.4 is 4.74 Å². The van der Waals surface area contributed by atoms with Crippen molar-refractivity contribution in [3.63, 3.8) is 0 Å². The number of methoxy groups -OCH3 is 1. The number of carboxylic acids is 1. The number of imidazole rings is 1. The van der Waals surface area contributed by atoms with Crippen molar-refractivity contribution in [3.05, 3.63) is 29.7 Å². The summed E-state index contributed by atoms with van der Waals surface area (Å²) in [7, 11) is 5.35. The molecule has 0 amide bonds. The molecule has 2 heterocycles. The van der Waals surface area contributed by atoms with Gasteiger partial charge in [-0.1, -0.05) is 6.07 Å². The molecule has 6 heteroatoms. The maximum absolute atomic E-state index is 11.2. The Bertz CT molecular complexity index is 590. The maximum atomic E-state index is 11.2. The van der Waals surface area contributed by atoms with Gasteiger partial charge in [-0.2, -0.15) is 0 Å². The van der Waals surface area contributed by atoms with Crippen LogP contribution in [0.2, 0.25) is 0 Å². The lowest BCUT2D eigenvalue weighted by Crippen LogP contribution is -2.14. The second-order valence-corrected chi connectivity index (χ2v) is 4.21. The molecule has 0 aliphatic heterocycles. The van der Waals surface area contributed by atoms with Crippen LogP contribution >= 0.6 is 0 Å². The summed E-state index contributed by atoms with van der Waals surface area (Å²) in [6, 6.07) is 5.25. The molecule has 0 spiro atoms. The largest absolute Gasteiger partial charge is 0.482 e. The number of fused-ring (bicyclic) bond motifs is 1. The van der Waals surface area contributed by atoms with Crippen LogP contribution in [0.1, 0.15) is 16.3 Å². The smallest absolute Gasteiger partial charge is 0.356 e. The quantitative estimate of drug-likeness (QED) is 0.879. The fourth-order valence-corrected chi connectivity index (χ4v) is 1.88. The van der Waals surface area contributed by atoms with Gasteiger partial charge in [0.25, 0.3) is 0 Å². The number of nitrogens with zero attached hydrogens (tertiary/aromatic N) is 3. The Balaban J connectivity index is 2.72. The van der Waals surface area contributed by atoms with E-state index in [9.17, 15) is 4.79 Å². The van der Waals surface area contributed by atoms with Crippen molar-refractivity contribution < 1.29 is 14.6 Å². The molecule has 0 atom stereocenters. The molecule has 0 radical (unpaired) electrons. The number of pyridine rings is 1. The number of ether oxygens (including phenoxy) is 1. The zero-order valence-electron chi connectivity index (χ0n) is 10.5. The van der Waals surface area contributed by atoms with Gasteiger partial charge < -0.3 is 14.7 Å². The Morgan fingerprint density at radius 3 is 2.78 bits per heavy atom. The molecular formula is C12H15N3O3. The molecule has 0 unspecified atom stereocenters. The average Bonchev–Trinajstić information content (AvgIpc) is 2.67. The third kappa shape index (κ3) is 2.02. The molecule has 2 aromatic rings. The first-order chi connectivity index (χ1) is 8.54. The minimum atomic E-state index is -1.04. The van der Waals surface area contributed by atoms with Crippen LogP contribution in [0, 0.1) is 0 Å². The van der Waals surface area contributed by atoms with Crippen molar-refractivity contribution in [2.45, 2.75) is 6.54 Å². The van der Waals surface area contributed by atoms with E-state index in [1.165, 1.54) is 0 Å². The molecule has 0 aliphatic rings. The van der Waals surface area contributed by atoms with Gasteiger partial charge in [0.1, 0.15) is 5.82 Å². The van der Waals surface area contributed by atoms with Gasteiger partial charge in [0.05, 0.1) is 19.2 Å². The van der Waals surface area contributed by atoms with Crippen molar-refractivity contribution in [1.82, 2.24) is 14.3 Å². The van der Waals surface area contributed by atoms with E-state index >= 15 is 0 Å². The van der Waals surface area contributed by atoms with Gasteiger partial charge in [0.2, 0.25) is 0 Å². The topological polar surface area (TPSA) is 67.1 Å². The normalized spacial score (nSPS) is 11.1. The van der Waals surface area contributed by atoms with Gasteiger partial charge in [0, 0.05) is 0 Å². The monoisotopic (exact) mass is 249 g/mol. The van der Waals surface area contributed by atoms with E-state index in [1.807, 2.05) is 19.0 Å². The van der Waals surface area contributed by atoms with E-state index in [0.717, 1.165) is 0 Å². The number of aromatic carboxylic acids is 1. The van der Waals surface area contributed by atoms with Gasteiger partial charge >= 0.3 is 5.97 Å². The van der Waals surface area contributed by atoms with E-state index in [-0.39, 0.29) is 5.69 Å². The molecule has 0 saturated carbocycles. The Hall–Kier alpha value is -2.08. The summed E-state index contributed by atoms with van der Waals surface area (Å²) in [6.45, 7) is 0.537. The highest BCUT2D eigenvalue weighted by atomic mass is 16.5. The molecule has 2 rings (SSSR count). The Morgan fingerprint density at radius 1 is 1.50 bits per heavy atom. The first-order valence-corrected chi connectivity index (χ1v) is 5.47. The summed E-state index contributed by atoms with van der Waals surface area (Å²) in [4.78, 5) is 17.3. The second kappa shape index (κ2) is 4.66. The summed E-state index contributed by atoms with van der Waals surface area (Å²) in [5.41, 5.74) is 0.587. The van der Waals surface area contributed by atoms with Crippen molar-refractivity contribution in [2.24, 2.45) is 0 Å². The number of aromatic nitrogens is 2. The van der Waals surface area contributed by atoms with E-state index in [4.69, 9.17) is 9.84 Å². The summed E-state index contributed by atoms with van der Waals surface area (Å²) < 4.78 is 6.98. The van der Waals surface area contributed by atoms with Crippen molar-refractivity contribution >= 4 is 11.5 Å². The van der Waals surface area contributed by atoms with Crippen molar-refractivity contribution in [1.29, 1.82) is 0 Å². The fraction of sp³-hybridized carbons (Fsp3) is 0.333. The number of hydrogen-bond acceptors (Lipinski definition) is 4. The predicted molar refractivity (Wildman–Crippen MR) is 66.1 cm³/mol. The summed E-state index contributed by atoms with van der Waals surface area (Å²) in [5.74, 6) is 0.181. The van der Waals surface area contributed by atoms with E-state index in [1.54, 1.807) is 29.7 Å².